The van der Waals surface area contributed by atoms with Gasteiger partial charge in [0.15, 0.2) is 0 Å². The van der Waals surface area contributed by atoms with Crippen molar-refractivity contribution in [1.82, 2.24) is 19.8 Å². The Bertz CT molecular complexity index is 1090. The van der Waals surface area contributed by atoms with Gasteiger partial charge in [-0.15, -0.1) is 0 Å². The topological polar surface area (TPSA) is 52.6 Å². The van der Waals surface area contributed by atoms with Crippen LogP contribution in [0.1, 0.15) is 49.9 Å². The number of amides is 2. The van der Waals surface area contributed by atoms with Crippen LogP contribution in [0, 0.1) is 11.7 Å². The summed E-state index contributed by atoms with van der Waals surface area (Å²) in [6.07, 6.45) is 2.56. The monoisotopic (exact) mass is 491 g/mol. The number of rotatable bonds is 5. The van der Waals surface area contributed by atoms with E-state index in [9.17, 15) is 22.4 Å². The first kappa shape index (κ1) is 24.0. The number of aromatic nitrogens is 2. The highest BCUT2D eigenvalue weighted by atomic mass is 19.4. The molecule has 1 aromatic heterocycles. The van der Waals surface area contributed by atoms with Crippen molar-refractivity contribution in [3.63, 3.8) is 0 Å². The van der Waals surface area contributed by atoms with Crippen LogP contribution >= 0.6 is 0 Å². The molecule has 6 nitrogen and oxygen atoms in total. The van der Waals surface area contributed by atoms with E-state index in [2.05, 4.69) is 14.9 Å². The Kier molecular flexibility index (Phi) is 5.77. The number of alkyl halides is 3. The first-order valence-corrected chi connectivity index (χ1v) is 12.0. The Hall–Kier alpha value is -2.75. The number of carbonyl (C=O) groups excluding carboxylic acids is 1. The molecule has 1 spiro atoms. The highest BCUT2D eigenvalue weighted by molar-refractivity contribution is 5.95. The maximum absolute atomic E-state index is 14.1. The summed E-state index contributed by atoms with van der Waals surface area (Å²) in [5, 5.41) is 0. The van der Waals surface area contributed by atoms with Crippen LogP contribution in [0.4, 0.5) is 28.0 Å². The summed E-state index contributed by atoms with van der Waals surface area (Å²) < 4.78 is 52.9. The number of urea groups is 1. The van der Waals surface area contributed by atoms with Gasteiger partial charge in [0, 0.05) is 12.1 Å². The Labute approximate surface area is 201 Å². The summed E-state index contributed by atoms with van der Waals surface area (Å²) in [6, 6.07) is 6.50. The normalized spacial score (nSPS) is 27.3. The number of halogens is 4. The molecule has 5 rings (SSSR count). The fourth-order valence-corrected chi connectivity index (χ4v) is 5.76. The zero-order valence-corrected chi connectivity index (χ0v) is 19.9. The van der Waals surface area contributed by atoms with Crippen molar-refractivity contribution in [2.45, 2.75) is 55.8 Å². The first-order chi connectivity index (χ1) is 16.5. The molecule has 1 aromatic carbocycles. The molecule has 2 heterocycles. The highest BCUT2D eigenvalue weighted by Crippen LogP contribution is 2.50. The van der Waals surface area contributed by atoms with Crippen molar-refractivity contribution in [2.24, 2.45) is 5.92 Å². The van der Waals surface area contributed by atoms with E-state index in [1.54, 1.807) is 12.1 Å². The van der Waals surface area contributed by atoms with Gasteiger partial charge >= 0.3 is 12.2 Å². The van der Waals surface area contributed by atoms with Gasteiger partial charge in [0.2, 0.25) is 5.82 Å². The van der Waals surface area contributed by atoms with Crippen molar-refractivity contribution in [1.29, 1.82) is 0 Å². The first-order valence-electron chi connectivity index (χ1n) is 12.0. The van der Waals surface area contributed by atoms with Crippen molar-refractivity contribution in [3.05, 3.63) is 53.9 Å². The van der Waals surface area contributed by atoms with Crippen molar-refractivity contribution in [3.8, 4) is 0 Å². The fourth-order valence-electron chi connectivity index (χ4n) is 5.76. The average molecular weight is 492 g/mol. The molecule has 2 aromatic rings. The zero-order valence-electron chi connectivity index (χ0n) is 19.9. The largest absolute Gasteiger partial charge is 0.451 e. The van der Waals surface area contributed by atoms with E-state index in [1.807, 2.05) is 25.1 Å². The molecule has 1 aliphatic heterocycles. The minimum Gasteiger partial charge on any atom is -0.317 e. The van der Waals surface area contributed by atoms with Crippen LogP contribution in [0.25, 0.3) is 0 Å². The van der Waals surface area contributed by atoms with Gasteiger partial charge in [-0.05, 0) is 76.2 Å². The van der Waals surface area contributed by atoms with Crippen molar-refractivity contribution < 1.29 is 22.4 Å². The molecular weight excluding hydrogens is 462 g/mol. The minimum absolute atomic E-state index is 0.205. The third-order valence-electron chi connectivity index (χ3n) is 8.05. The molecule has 188 valence electrons. The van der Waals surface area contributed by atoms with Gasteiger partial charge in [-0.1, -0.05) is 12.1 Å². The van der Waals surface area contributed by atoms with Gasteiger partial charge < -0.3 is 4.90 Å². The molecule has 0 unspecified atom stereocenters. The van der Waals surface area contributed by atoms with Crippen LogP contribution < -0.4 is 4.90 Å². The van der Waals surface area contributed by atoms with E-state index in [0.717, 1.165) is 43.6 Å². The van der Waals surface area contributed by atoms with Crippen LogP contribution in [0.15, 0.2) is 36.7 Å². The quantitative estimate of drug-likeness (QED) is 0.549. The van der Waals surface area contributed by atoms with Crippen LogP contribution in [0.2, 0.25) is 0 Å². The third kappa shape index (κ3) is 4.26. The second-order valence-electron chi connectivity index (χ2n) is 10.3. The molecule has 0 radical (unpaired) electrons. The number of hydrogen-bond acceptors (Lipinski definition) is 4. The lowest BCUT2D eigenvalue weighted by Crippen LogP contribution is -2.55. The Morgan fingerprint density at radius 3 is 2.29 bits per heavy atom. The molecule has 0 bridgehead atoms. The maximum Gasteiger partial charge on any atom is 0.451 e. The number of benzene rings is 1. The third-order valence-corrected chi connectivity index (χ3v) is 8.05. The number of nitrogens with zero attached hydrogens (tertiary/aromatic N) is 5. The maximum atomic E-state index is 14.1. The predicted octanol–water partition coefficient (Wildman–Crippen LogP) is 5.06. The summed E-state index contributed by atoms with van der Waals surface area (Å²) >= 11 is 0. The smallest absolute Gasteiger partial charge is 0.317 e. The molecule has 10 heteroatoms. The van der Waals surface area contributed by atoms with Crippen molar-refractivity contribution in [2.75, 3.05) is 32.1 Å². The lowest BCUT2D eigenvalue weighted by atomic mass is 9.68. The van der Waals surface area contributed by atoms with Crippen LogP contribution in [0.5, 0.6) is 0 Å². The second-order valence-corrected chi connectivity index (χ2v) is 10.3. The zero-order chi connectivity index (χ0) is 25.0. The lowest BCUT2D eigenvalue weighted by molar-refractivity contribution is -0.144. The highest BCUT2D eigenvalue weighted by Gasteiger charge is 2.55. The molecule has 2 aliphatic carbocycles. The van der Waals surface area contributed by atoms with Gasteiger partial charge in [-0.25, -0.2) is 19.2 Å². The van der Waals surface area contributed by atoms with E-state index < -0.39 is 17.5 Å². The second kappa shape index (κ2) is 8.43. The molecule has 2 amide bonds. The summed E-state index contributed by atoms with van der Waals surface area (Å²) in [7, 11) is 3.99. The fraction of sp³-hybridized carbons (Fsp3) is 0.560. The molecule has 0 N–H and O–H groups in total. The van der Waals surface area contributed by atoms with Crippen LogP contribution in [-0.2, 0) is 11.7 Å². The molecule has 1 saturated heterocycles. The van der Waals surface area contributed by atoms with Gasteiger partial charge in [-0.2, -0.15) is 13.2 Å². The molecular formula is C25H29F4N5O. The number of hydrogen-bond donors (Lipinski definition) is 0. The van der Waals surface area contributed by atoms with E-state index in [4.69, 9.17) is 0 Å². The number of anilines is 1. The summed E-state index contributed by atoms with van der Waals surface area (Å²) in [4.78, 5) is 26.1. The lowest BCUT2D eigenvalue weighted by Gasteiger charge is -2.51. The van der Waals surface area contributed by atoms with Gasteiger partial charge in [0.25, 0.3) is 0 Å². The standard InChI is InChI=1S/C25H29F4N5O/c1-32(2)24(18-4-3-5-19(26)12-18)10-8-23(9-11-24)16-33(22(35)34(23)15-17-6-7-17)20-13-30-21(31-14-20)25(27,28)29/h3-5,12-14,17H,6-11,15-16H2,1-2H3/t23-,24+. The summed E-state index contributed by atoms with van der Waals surface area (Å²) in [5.74, 6) is -1.03. The molecule has 3 fully saturated rings. The van der Waals surface area contributed by atoms with Crippen LogP contribution in [-0.4, -0.2) is 58.5 Å². The molecule has 0 atom stereocenters. The summed E-state index contributed by atoms with van der Waals surface area (Å²) in [6.45, 7) is 1.02. The minimum atomic E-state index is -4.64. The van der Waals surface area contributed by atoms with Gasteiger partial charge in [0.05, 0.1) is 30.2 Å². The van der Waals surface area contributed by atoms with E-state index in [-0.39, 0.29) is 23.1 Å². The average Bonchev–Trinajstić information content (AvgIpc) is 3.60. The SMILES string of the molecule is CN(C)[C@]1(c2cccc(F)c2)CC[C@]2(CC1)CN(c1cnc(C(F)(F)F)nc1)C(=O)N2CC1CC1. The van der Waals surface area contributed by atoms with Crippen LogP contribution in [0.3, 0.4) is 0 Å². The summed E-state index contributed by atoms with van der Waals surface area (Å²) in [5.41, 5.74) is 0.403. The molecule has 35 heavy (non-hydrogen) atoms. The Morgan fingerprint density at radius 2 is 1.74 bits per heavy atom. The predicted molar refractivity (Wildman–Crippen MR) is 122 cm³/mol. The Morgan fingerprint density at radius 1 is 1.09 bits per heavy atom. The van der Waals surface area contributed by atoms with Crippen molar-refractivity contribution >= 4 is 11.7 Å². The van der Waals surface area contributed by atoms with Gasteiger partial charge in [0.1, 0.15) is 5.82 Å². The van der Waals surface area contributed by atoms with E-state index in [1.165, 1.54) is 11.0 Å². The Balaban J connectivity index is 1.43. The molecule has 3 aliphatic rings. The van der Waals surface area contributed by atoms with E-state index in [0.29, 0.717) is 31.8 Å². The van der Waals surface area contributed by atoms with E-state index >= 15 is 0 Å². The molecule has 2 saturated carbocycles. The number of carbonyl (C=O) groups is 1. The van der Waals surface area contributed by atoms with Gasteiger partial charge in [-0.3, -0.25) is 9.80 Å².